The maximum absolute atomic E-state index is 13.8. The number of hydrogen-bond donors (Lipinski definition) is 1. The van der Waals surface area contributed by atoms with Crippen molar-refractivity contribution in [3.8, 4) is 0 Å². The summed E-state index contributed by atoms with van der Waals surface area (Å²) in [6.07, 6.45) is 3.46. The van der Waals surface area contributed by atoms with E-state index in [1.165, 1.54) is 13.8 Å². The topological polar surface area (TPSA) is 52.2 Å². The summed E-state index contributed by atoms with van der Waals surface area (Å²) in [4.78, 5) is 23.2. The van der Waals surface area contributed by atoms with Gasteiger partial charge in [0.1, 0.15) is 5.82 Å². The van der Waals surface area contributed by atoms with Gasteiger partial charge in [0.15, 0.2) is 5.67 Å². The maximum atomic E-state index is 13.8. The number of carbonyl (C=O) groups is 1. The molecule has 1 amide bonds. The molecule has 1 fully saturated rings. The van der Waals surface area contributed by atoms with Gasteiger partial charge in [-0.1, -0.05) is 6.92 Å². The highest BCUT2D eigenvalue weighted by molar-refractivity contribution is 5.84. The SMILES string of the molecule is CCN1CCN(C(=O)C(C)(C)F)C[C@@H]1c1ncc[nH]1. The van der Waals surface area contributed by atoms with E-state index in [9.17, 15) is 9.18 Å². The Kier molecular flexibility index (Phi) is 3.89. The summed E-state index contributed by atoms with van der Waals surface area (Å²) in [5.74, 6) is 0.385. The third-order valence-electron chi connectivity index (χ3n) is 3.53. The van der Waals surface area contributed by atoms with Crippen LogP contribution in [0.1, 0.15) is 32.6 Å². The number of piperazine rings is 1. The predicted molar refractivity (Wildman–Crippen MR) is 70.3 cm³/mol. The lowest BCUT2D eigenvalue weighted by Gasteiger charge is -2.41. The van der Waals surface area contributed by atoms with Gasteiger partial charge < -0.3 is 9.88 Å². The number of amides is 1. The van der Waals surface area contributed by atoms with Gasteiger partial charge in [-0.2, -0.15) is 0 Å². The molecule has 1 aliphatic rings. The van der Waals surface area contributed by atoms with Crippen LogP contribution in [0.25, 0.3) is 0 Å². The van der Waals surface area contributed by atoms with Crippen LogP contribution in [0.3, 0.4) is 0 Å². The number of likely N-dealkylation sites (N-methyl/N-ethyl adjacent to an activating group) is 1. The molecule has 0 aromatic carbocycles. The lowest BCUT2D eigenvalue weighted by atomic mass is 10.1. The minimum atomic E-state index is -1.82. The van der Waals surface area contributed by atoms with Crippen molar-refractivity contribution in [1.29, 1.82) is 0 Å². The molecule has 0 bridgehead atoms. The maximum Gasteiger partial charge on any atom is 0.259 e. The van der Waals surface area contributed by atoms with Crippen LogP contribution in [-0.2, 0) is 4.79 Å². The second-order valence-electron chi connectivity index (χ2n) is 5.34. The van der Waals surface area contributed by atoms with E-state index in [0.717, 1.165) is 18.9 Å². The van der Waals surface area contributed by atoms with E-state index in [0.29, 0.717) is 13.1 Å². The number of aromatic amines is 1. The molecule has 6 heteroatoms. The molecule has 0 saturated carbocycles. The Balaban J connectivity index is 2.15. The fraction of sp³-hybridized carbons (Fsp3) is 0.692. The Morgan fingerprint density at radius 2 is 2.32 bits per heavy atom. The highest BCUT2D eigenvalue weighted by Gasteiger charge is 2.37. The Morgan fingerprint density at radius 1 is 1.58 bits per heavy atom. The van der Waals surface area contributed by atoms with Crippen molar-refractivity contribution in [3.63, 3.8) is 0 Å². The van der Waals surface area contributed by atoms with Gasteiger partial charge in [0.05, 0.1) is 6.04 Å². The highest BCUT2D eigenvalue weighted by Crippen LogP contribution is 2.24. The second kappa shape index (κ2) is 5.28. The number of nitrogens with zero attached hydrogens (tertiary/aromatic N) is 3. The molecule has 0 spiro atoms. The number of H-pyrrole nitrogens is 1. The van der Waals surface area contributed by atoms with Crippen LogP contribution < -0.4 is 0 Å². The summed E-state index contributed by atoms with van der Waals surface area (Å²) in [5, 5.41) is 0. The summed E-state index contributed by atoms with van der Waals surface area (Å²) in [6.45, 7) is 7.36. The van der Waals surface area contributed by atoms with E-state index in [-0.39, 0.29) is 6.04 Å². The summed E-state index contributed by atoms with van der Waals surface area (Å²) in [7, 11) is 0. The third-order valence-corrected chi connectivity index (χ3v) is 3.53. The molecular weight excluding hydrogens is 247 g/mol. The van der Waals surface area contributed by atoms with Crippen molar-refractivity contribution in [2.24, 2.45) is 0 Å². The van der Waals surface area contributed by atoms with E-state index in [1.807, 2.05) is 0 Å². The number of halogens is 1. The predicted octanol–water partition coefficient (Wildman–Crippen LogP) is 1.36. The number of aromatic nitrogens is 2. The molecule has 5 nitrogen and oxygen atoms in total. The van der Waals surface area contributed by atoms with Crippen LogP contribution in [0.5, 0.6) is 0 Å². The van der Waals surface area contributed by atoms with Gasteiger partial charge >= 0.3 is 0 Å². The number of carbonyl (C=O) groups excluding carboxylic acids is 1. The molecule has 1 N–H and O–H groups in total. The van der Waals surface area contributed by atoms with Gasteiger partial charge in [-0.15, -0.1) is 0 Å². The molecule has 19 heavy (non-hydrogen) atoms. The van der Waals surface area contributed by atoms with Crippen molar-refractivity contribution in [2.45, 2.75) is 32.5 Å². The van der Waals surface area contributed by atoms with Crippen LogP contribution >= 0.6 is 0 Å². The molecule has 2 heterocycles. The number of rotatable bonds is 3. The molecule has 1 aromatic heterocycles. The molecule has 0 radical (unpaired) electrons. The van der Waals surface area contributed by atoms with Gasteiger partial charge in [0, 0.05) is 32.0 Å². The molecule has 106 valence electrons. The van der Waals surface area contributed by atoms with Crippen molar-refractivity contribution in [1.82, 2.24) is 19.8 Å². The fourth-order valence-corrected chi connectivity index (χ4v) is 2.48. The molecule has 1 aromatic rings. The normalized spacial score (nSPS) is 21.7. The monoisotopic (exact) mass is 268 g/mol. The van der Waals surface area contributed by atoms with Crippen LogP contribution in [-0.4, -0.2) is 57.5 Å². The zero-order valence-electron chi connectivity index (χ0n) is 11.7. The molecule has 1 saturated heterocycles. The van der Waals surface area contributed by atoms with Crippen molar-refractivity contribution < 1.29 is 9.18 Å². The molecule has 2 rings (SSSR count). The minimum absolute atomic E-state index is 0.0139. The second-order valence-corrected chi connectivity index (χ2v) is 5.34. The summed E-state index contributed by atoms with van der Waals surface area (Å²) >= 11 is 0. The molecule has 0 aliphatic carbocycles. The fourth-order valence-electron chi connectivity index (χ4n) is 2.48. The van der Waals surface area contributed by atoms with Crippen LogP contribution in [0.2, 0.25) is 0 Å². The highest BCUT2D eigenvalue weighted by atomic mass is 19.1. The Bertz CT molecular complexity index is 426. The van der Waals surface area contributed by atoms with E-state index in [1.54, 1.807) is 17.3 Å². The first-order valence-electron chi connectivity index (χ1n) is 6.65. The first kappa shape index (κ1) is 14.0. The number of hydrogen-bond acceptors (Lipinski definition) is 3. The van der Waals surface area contributed by atoms with Crippen molar-refractivity contribution >= 4 is 5.91 Å². The number of alkyl halides is 1. The third kappa shape index (κ3) is 2.94. The first-order chi connectivity index (χ1) is 8.93. The molecule has 0 unspecified atom stereocenters. The Morgan fingerprint density at radius 3 is 2.84 bits per heavy atom. The van der Waals surface area contributed by atoms with Crippen molar-refractivity contribution in [2.75, 3.05) is 26.2 Å². The van der Waals surface area contributed by atoms with Crippen molar-refractivity contribution in [3.05, 3.63) is 18.2 Å². The summed E-state index contributed by atoms with van der Waals surface area (Å²) in [6, 6.07) is 0.0139. The van der Waals surface area contributed by atoms with E-state index in [2.05, 4.69) is 21.8 Å². The summed E-state index contributed by atoms with van der Waals surface area (Å²) in [5.41, 5.74) is -1.82. The van der Waals surface area contributed by atoms with E-state index < -0.39 is 11.6 Å². The van der Waals surface area contributed by atoms with E-state index in [4.69, 9.17) is 0 Å². The molecule has 1 aliphatic heterocycles. The largest absolute Gasteiger partial charge is 0.347 e. The standard InChI is InChI=1S/C13H21FN4O/c1-4-17-7-8-18(12(19)13(2,3)14)9-10(17)11-15-5-6-16-11/h5-6,10H,4,7-9H2,1-3H3,(H,15,16)/t10-/m1/s1. The zero-order valence-corrected chi connectivity index (χ0v) is 11.7. The minimum Gasteiger partial charge on any atom is -0.347 e. The smallest absolute Gasteiger partial charge is 0.259 e. The number of nitrogens with one attached hydrogen (secondary N) is 1. The Labute approximate surface area is 112 Å². The van der Waals surface area contributed by atoms with Crippen LogP contribution in [0, 0.1) is 0 Å². The Hall–Kier alpha value is -1.43. The average Bonchev–Trinajstić information content (AvgIpc) is 2.89. The first-order valence-corrected chi connectivity index (χ1v) is 6.65. The lowest BCUT2D eigenvalue weighted by molar-refractivity contribution is -0.145. The average molecular weight is 268 g/mol. The van der Waals surface area contributed by atoms with Crippen LogP contribution in [0.4, 0.5) is 4.39 Å². The number of imidazole rings is 1. The van der Waals surface area contributed by atoms with Gasteiger partial charge in [-0.25, -0.2) is 9.37 Å². The lowest BCUT2D eigenvalue weighted by Crippen LogP contribution is -2.54. The summed E-state index contributed by atoms with van der Waals surface area (Å²) < 4.78 is 13.8. The van der Waals surface area contributed by atoms with E-state index >= 15 is 0 Å². The van der Waals surface area contributed by atoms with Gasteiger partial charge in [0.2, 0.25) is 0 Å². The van der Waals surface area contributed by atoms with Gasteiger partial charge in [-0.3, -0.25) is 9.69 Å². The van der Waals surface area contributed by atoms with Crippen LogP contribution in [0.15, 0.2) is 12.4 Å². The quantitative estimate of drug-likeness (QED) is 0.900. The van der Waals surface area contributed by atoms with Gasteiger partial charge in [-0.05, 0) is 20.4 Å². The zero-order chi connectivity index (χ0) is 14.0. The molecule has 1 atom stereocenters. The molecular formula is C13H21FN4O. The van der Waals surface area contributed by atoms with Gasteiger partial charge in [0.25, 0.3) is 5.91 Å².